The van der Waals surface area contributed by atoms with Gasteiger partial charge in [0.05, 0.1) is 5.29 Å². The van der Waals surface area contributed by atoms with Gasteiger partial charge in [-0.05, 0) is 19.8 Å². The van der Waals surface area contributed by atoms with Gasteiger partial charge < -0.3 is 5.32 Å². The van der Waals surface area contributed by atoms with E-state index >= 15 is 0 Å². The van der Waals surface area contributed by atoms with Crippen LogP contribution in [0.4, 0.5) is 4.79 Å². The number of nitrogens with one attached hydrogen (secondary N) is 2. The van der Waals surface area contributed by atoms with Gasteiger partial charge in [0.15, 0.2) is 0 Å². The first-order chi connectivity index (χ1) is 6.16. The first-order valence-corrected chi connectivity index (χ1v) is 4.57. The molecule has 0 spiro atoms. The molecule has 1 aliphatic carbocycles. The van der Waals surface area contributed by atoms with Gasteiger partial charge in [0.25, 0.3) is 0 Å². The van der Waals surface area contributed by atoms with Gasteiger partial charge in [-0.15, -0.1) is 4.91 Å². The second-order valence-corrected chi connectivity index (χ2v) is 3.78. The second-order valence-electron chi connectivity index (χ2n) is 3.78. The van der Waals surface area contributed by atoms with Crippen LogP contribution in [0.25, 0.3) is 0 Å². The van der Waals surface area contributed by atoms with Crippen molar-refractivity contribution in [1.82, 2.24) is 10.7 Å². The zero-order chi connectivity index (χ0) is 9.73. The van der Waals surface area contributed by atoms with Crippen molar-refractivity contribution in [2.45, 2.75) is 44.6 Å². The maximum Gasteiger partial charge on any atom is 0.338 e. The van der Waals surface area contributed by atoms with Gasteiger partial charge in [-0.1, -0.05) is 19.3 Å². The first-order valence-electron chi connectivity index (χ1n) is 4.57. The van der Waals surface area contributed by atoms with Crippen LogP contribution in [0.5, 0.6) is 0 Å². The third-order valence-electron chi connectivity index (χ3n) is 2.52. The number of carbonyl (C=O) groups excluding carboxylic acids is 1. The van der Waals surface area contributed by atoms with E-state index < -0.39 is 6.03 Å². The Morgan fingerprint density at radius 3 is 2.46 bits per heavy atom. The van der Waals surface area contributed by atoms with Gasteiger partial charge >= 0.3 is 6.03 Å². The Labute approximate surface area is 77.2 Å². The maximum absolute atomic E-state index is 11.0. The summed E-state index contributed by atoms with van der Waals surface area (Å²) in [6, 6.07) is -0.501. The molecule has 0 atom stereocenters. The molecule has 1 saturated carbocycles. The summed E-state index contributed by atoms with van der Waals surface area (Å²) in [5.41, 5.74) is 1.68. The molecule has 0 aliphatic heterocycles. The quantitative estimate of drug-likeness (QED) is 0.507. The molecular weight excluding hydrogens is 170 g/mol. The van der Waals surface area contributed by atoms with Crippen molar-refractivity contribution in [3.05, 3.63) is 4.91 Å². The van der Waals surface area contributed by atoms with Crippen LogP contribution in [0.3, 0.4) is 0 Å². The Kier molecular flexibility index (Phi) is 3.22. The van der Waals surface area contributed by atoms with E-state index in [4.69, 9.17) is 0 Å². The van der Waals surface area contributed by atoms with Gasteiger partial charge in [0.1, 0.15) is 0 Å². The Hall–Kier alpha value is -1.13. The minimum atomic E-state index is -0.501. The standard InChI is InChI=1S/C8H15N3O2/c1-8(5-3-2-4-6-8)9-7(12)10-11-13/h2-6H2,1H3,(H2,9,10,12,13). The van der Waals surface area contributed by atoms with Crippen LogP contribution in [0, 0.1) is 4.91 Å². The van der Waals surface area contributed by atoms with E-state index in [1.54, 1.807) is 0 Å². The third kappa shape index (κ3) is 3.01. The van der Waals surface area contributed by atoms with Gasteiger partial charge in [0.2, 0.25) is 0 Å². The van der Waals surface area contributed by atoms with Crippen molar-refractivity contribution in [2.24, 2.45) is 5.29 Å². The molecule has 0 aromatic rings. The molecule has 1 rings (SSSR count). The first kappa shape index (κ1) is 9.95. The van der Waals surface area contributed by atoms with Gasteiger partial charge in [-0.25, -0.2) is 4.79 Å². The zero-order valence-electron chi connectivity index (χ0n) is 7.80. The van der Waals surface area contributed by atoms with Gasteiger partial charge in [-0.2, -0.15) is 5.43 Å². The largest absolute Gasteiger partial charge is 0.338 e. The van der Waals surface area contributed by atoms with Crippen molar-refractivity contribution in [1.29, 1.82) is 0 Å². The van der Waals surface area contributed by atoms with E-state index in [2.05, 4.69) is 10.6 Å². The average molecular weight is 185 g/mol. The molecule has 13 heavy (non-hydrogen) atoms. The molecule has 0 unspecified atom stereocenters. The highest BCUT2D eigenvalue weighted by Gasteiger charge is 2.28. The smallest absolute Gasteiger partial charge is 0.331 e. The predicted octanol–water partition coefficient (Wildman–Crippen LogP) is 1.69. The van der Waals surface area contributed by atoms with Crippen LogP contribution >= 0.6 is 0 Å². The molecule has 0 heterocycles. The number of rotatable bonds is 2. The lowest BCUT2D eigenvalue weighted by atomic mass is 9.83. The van der Waals surface area contributed by atoms with Crippen LogP contribution in [0.1, 0.15) is 39.0 Å². The number of amides is 2. The molecule has 74 valence electrons. The summed E-state index contributed by atoms with van der Waals surface area (Å²) in [4.78, 5) is 20.7. The summed E-state index contributed by atoms with van der Waals surface area (Å²) < 4.78 is 0. The van der Waals surface area contributed by atoms with E-state index in [9.17, 15) is 9.70 Å². The molecular formula is C8H15N3O2. The summed E-state index contributed by atoms with van der Waals surface area (Å²) in [5.74, 6) is 0. The highest BCUT2D eigenvalue weighted by molar-refractivity contribution is 5.74. The van der Waals surface area contributed by atoms with Crippen LogP contribution in [0.15, 0.2) is 5.29 Å². The van der Waals surface area contributed by atoms with Crippen molar-refractivity contribution < 1.29 is 4.79 Å². The molecule has 5 nitrogen and oxygen atoms in total. The molecule has 2 amide bonds. The summed E-state index contributed by atoms with van der Waals surface area (Å²) in [6.45, 7) is 2.00. The summed E-state index contributed by atoms with van der Waals surface area (Å²) in [6.07, 6.45) is 5.43. The Balaban J connectivity index is 2.40. The highest BCUT2D eigenvalue weighted by Crippen LogP contribution is 2.27. The Morgan fingerprint density at radius 2 is 1.92 bits per heavy atom. The fourth-order valence-electron chi connectivity index (χ4n) is 1.80. The SMILES string of the molecule is CC1(NC(=O)NN=O)CCCCC1. The lowest BCUT2D eigenvalue weighted by molar-refractivity contribution is 0.211. The van der Waals surface area contributed by atoms with Gasteiger partial charge in [0, 0.05) is 5.54 Å². The molecule has 5 heteroatoms. The molecule has 0 aromatic carbocycles. The number of hydrogen-bond acceptors (Lipinski definition) is 3. The molecule has 1 aliphatic rings. The van der Waals surface area contributed by atoms with Crippen molar-refractivity contribution in [3.63, 3.8) is 0 Å². The summed E-state index contributed by atoms with van der Waals surface area (Å²) >= 11 is 0. The number of nitroso groups, excluding NO2 is 1. The fourth-order valence-corrected chi connectivity index (χ4v) is 1.80. The molecule has 2 N–H and O–H groups in total. The van der Waals surface area contributed by atoms with Crippen molar-refractivity contribution in [2.75, 3.05) is 0 Å². The number of urea groups is 1. The van der Waals surface area contributed by atoms with E-state index in [0.29, 0.717) is 0 Å². The minimum absolute atomic E-state index is 0.160. The van der Waals surface area contributed by atoms with Crippen LogP contribution in [0.2, 0.25) is 0 Å². The normalized spacial score (nSPS) is 20.4. The van der Waals surface area contributed by atoms with Crippen molar-refractivity contribution in [3.8, 4) is 0 Å². The van der Waals surface area contributed by atoms with Crippen molar-refractivity contribution >= 4 is 6.03 Å². The lowest BCUT2D eigenvalue weighted by Crippen LogP contribution is -2.50. The molecule has 1 fully saturated rings. The molecule has 0 saturated heterocycles. The number of carbonyl (C=O) groups is 1. The summed E-state index contributed by atoms with van der Waals surface area (Å²) in [5, 5.41) is 5.07. The number of nitrogens with zero attached hydrogens (tertiary/aromatic N) is 1. The molecule has 0 bridgehead atoms. The zero-order valence-corrected chi connectivity index (χ0v) is 7.80. The van der Waals surface area contributed by atoms with E-state index in [0.717, 1.165) is 25.7 Å². The Bertz CT molecular complexity index is 200. The fraction of sp³-hybridized carbons (Fsp3) is 0.875. The monoisotopic (exact) mass is 185 g/mol. The van der Waals surface area contributed by atoms with E-state index in [-0.39, 0.29) is 5.54 Å². The van der Waals surface area contributed by atoms with E-state index in [1.807, 2.05) is 12.3 Å². The lowest BCUT2D eigenvalue weighted by Gasteiger charge is -2.33. The third-order valence-corrected chi connectivity index (χ3v) is 2.52. The molecule has 0 aromatic heterocycles. The predicted molar refractivity (Wildman–Crippen MR) is 49.0 cm³/mol. The maximum atomic E-state index is 11.0. The molecule has 0 radical (unpaired) electrons. The van der Waals surface area contributed by atoms with Crippen LogP contribution < -0.4 is 10.7 Å². The summed E-state index contributed by atoms with van der Waals surface area (Å²) in [7, 11) is 0. The average Bonchev–Trinajstić information content (AvgIpc) is 2.04. The van der Waals surface area contributed by atoms with Gasteiger partial charge in [-0.3, -0.25) is 0 Å². The van der Waals surface area contributed by atoms with Crippen LogP contribution in [-0.4, -0.2) is 11.6 Å². The Morgan fingerprint density at radius 1 is 1.31 bits per heavy atom. The highest BCUT2D eigenvalue weighted by atomic mass is 16.3. The van der Waals surface area contributed by atoms with E-state index in [1.165, 1.54) is 6.42 Å². The minimum Gasteiger partial charge on any atom is -0.331 e. The number of hydrogen-bond donors (Lipinski definition) is 2. The topological polar surface area (TPSA) is 70.6 Å². The van der Waals surface area contributed by atoms with Crippen LogP contribution in [-0.2, 0) is 0 Å². The second kappa shape index (κ2) is 4.20.